The first kappa shape index (κ1) is 16.6. The topological polar surface area (TPSA) is 50.8 Å². The van der Waals surface area contributed by atoms with E-state index in [1.807, 2.05) is 42.5 Å². The zero-order valence-corrected chi connectivity index (χ0v) is 14.3. The summed E-state index contributed by atoms with van der Waals surface area (Å²) in [5.41, 5.74) is 4.05. The molecule has 0 saturated heterocycles. The van der Waals surface area contributed by atoms with Gasteiger partial charge in [0.05, 0.1) is 26.5 Å². The standard InChI is InChI=1S/C20H20N2O3/c1-13-18-11-16(14(2)24-3)7-10-19(18)21-20(23)22(13)12-15-5-8-17(25-4)9-6-15/h5-11H,1-2,12H2,3-4H3,(H,21,23). The summed E-state index contributed by atoms with van der Waals surface area (Å²) in [5.74, 6) is 1.34. The Morgan fingerprint density at radius 2 is 1.88 bits per heavy atom. The fourth-order valence-corrected chi connectivity index (χ4v) is 2.71. The SMILES string of the molecule is C=C(OC)c1ccc2c(c1)C(=C)N(Cc1ccc(OC)cc1)C(=O)N2. The Kier molecular flexibility index (Phi) is 4.48. The third-order valence-corrected chi connectivity index (χ3v) is 4.21. The molecule has 128 valence electrons. The molecule has 1 aliphatic heterocycles. The van der Waals surface area contributed by atoms with Gasteiger partial charge in [-0.25, -0.2) is 4.79 Å². The van der Waals surface area contributed by atoms with E-state index in [-0.39, 0.29) is 6.03 Å². The molecule has 3 rings (SSSR count). The minimum absolute atomic E-state index is 0.202. The molecule has 0 spiro atoms. The Morgan fingerprint density at radius 3 is 2.52 bits per heavy atom. The van der Waals surface area contributed by atoms with E-state index in [0.29, 0.717) is 18.0 Å². The first-order valence-electron chi connectivity index (χ1n) is 7.81. The van der Waals surface area contributed by atoms with Crippen molar-refractivity contribution in [3.8, 4) is 5.75 Å². The van der Waals surface area contributed by atoms with E-state index in [2.05, 4.69) is 18.5 Å². The summed E-state index contributed by atoms with van der Waals surface area (Å²) in [6.45, 7) is 8.40. The van der Waals surface area contributed by atoms with Gasteiger partial charge in [0.15, 0.2) is 0 Å². The maximum Gasteiger partial charge on any atom is 0.326 e. The van der Waals surface area contributed by atoms with Crippen LogP contribution in [0.4, 0.5) is 10.5 Å². The summed E-state index contributed by atoms with van der Waals surface area (Å²) in [6.07, 6.45) is 0. The molecular weight excluding hydrogens is 316 g/mol. The lowest BCUT2D eigenvalue weighted by Gasteiger charge is -2.31. The van der Waals surface area contributed by atoms with Gasteiger partial charge in [-0.15, -0.1) is 0 Å². The Labute approximate surface area is 147 Å². The van der Waals surface area contributed by atoms with Gasteiger partial charge in [-0.1, -0.05) is 25.3 Å². The highest BCUT2D eigenvalue weighted by atomic mass is 16.5. The molecule has 5 heteroatoms. The van der Waals surface area contributed by atoms with Crippen LogP contribution in [0.3, 0.4) is 0 Å². The van der Waals surface area contributed by atoms with Crippen LogP contribution in [0.1, 0.15) is 16.7 Å². The van der Waals surface area contributed by atoms with Crippen molar-refractivity contribution in [2.45, 2.75) is 6.54 Å². The molecule has 0 aromatic heterocycles. The lowest BCUT2D eigenvalue weighted by atomic mass is 10.0. The zero-order valence-electron chi connectivity index (χ0n) is 14.3. The number of fused-ring (bicyclic) bond motifs is 1. The number of anilines is 1. The first-order chi connectivity index (χ1) is 12.0. The highest BCUT2D eigenvalue weighted by Gasteiger charge is 2.26. The number of nitrogens with zero attached hydrogens (tertiary/aromatic N) is 1. The van der Waals surface area contributed by atoms with Gasteiger partial charge in [-0.3, -0.25) is 4.90 Å². The van der Waals surface area contributed by atoms with Crippen molar-refractivity contribution in [3.63, 3.8) is 0 Å². The number of carbonyl (C=O) groups is 1. The number of hydrogen-bond acceptors (Lipinski definition) is 3. The van der Waals surface area contributed by atoms with Crippen LogP contribution in [-0.2, 0) is 11.3 Å². The van der Waals surface area contributed by atoms with Gasteiger partial charge < -0.3 is 14.8 Å². The molecule has 2 aromatic rings. The van der Waals surface area contributed by atoms with Crippen LogP contribution in [0.2, 0.25) is 0 Å². The molecule has 1 heterocycles. The molecule has 25 heavy (non-hydrogen) atoms. The summed E-state index contributed by atoms with van der Waals surface area (Å²) >= 11 is 0. The molecule has 5 nitrogen and oxygen atoms in total. The van der Waals surface area contributed by atoms with Crippen LogP contribution >= 0.6 is 0 Å². The Hall–Kier alpha value is -3.21. The third-order valence-electron chi connectivity index (χ3n) is 4.21. The van der Waals surface area contributed by atoms with E-state index in [1.165, 1.54) is 0 Å². The molecule has 0 fully saturated rings. The van der Waals surface area contributed by atoms with Crippen LogP contribution in [0.25, 0.3) is 11.5 Å². The average Bonchev–Trinajstić information content (AvgIpc) is 2.64. The van der Waals surface area contributed by atoms with Gasteiger partial charge in [0.25, 0.3) is 0 Å². The van der Waals surface area contributed by atoms with Crippen molar-refractivity contribution in [1.29, 1.82) is 0 Å². The average molecular weight is 336 g/mol. The number of benzene rings is 2. The predicted octanol–water partition coefficient (Wildman–Crippen LogP) is 4.33. The van der Waals surface area contributed by atoms with Crippen LogP contribution in [0.15, 0.2) is 55.6 Å². The molecular formula is C20H20N2O3. The van der Waals surface area contributed by atoms with Crippen LogP contribution < -0.4 is 10.1 Å². The molecule has 0 saturated carbocycles. The Bertz CT molecular complexity index is 841. The third kappa shape index (κ3) is 3.21. The van der Waals surface area contributed by atoms with Crippen LogP contribution in [0.5, 0.6) is 5.75 Å². The smallest absolute Gasteiger partial charge is 0.326 e. The Morgan fingerprint density at radius 1 is 1.16 bits per heavy atom. The second-order valence-corrected chi connectivity index (χ2v) is 5.70. The Balaban J connectivity index is 1.88. The number of hydrogen-bond donors (Lipinski definition) is 1. The van der Waals surface area contributed by atoms with Gasteiger partial charge in [-0.05, 0) is 35.9 Å². The lowest BCUT2D eigenvalue weighted by molar-refractivity contribution is 0.229. The zero-order chi connectivity index (χ0) is 18.0. The fraction of sp³-hybridized carbons (Fsp3) is 0.150. The van der Waals surface area contributed by atoms with E-state index >= 15 is 0 Å². The second-order valence-electron chi connectivity index (χ2n) is 5.70. The number of carbonyl (C=O) groups excluding carboxylic acids is 1. The van der Waals surface area contributed by atoms with Gasteiger partial charge in [-0.2, -0.15) is 0 Å². The highest BCUT2D eigenvalue weighted by Crippen LogP contribution is 2.34. The minimum atomic E-state index is -0.202. The van der Waals surface area contributed by atoms with Gasteiger partial charge in [0.1, 0.15) is 11.5 Å². The maximum absolute atomic E-state index is 12.5. The molecule has 1 aliphatic rings. The quantitative estimate of drug-likeness (QED) is 0.827. The van der Waals surface area contributed by atoms with E-state index in [0.717, 1.165) is 28.1 Å². The van der Waals surface area contributed by atoms with E-state index in [1.54, 1.807) is 19.1 Å². The highest BCUT2D eigenvalue weighted by molar-refractivity contribution is 6.02. The minimum Gasteiger partial charge on any atom is -0.497 e. The van der Waals surface area contributed by atoms with Crippen molar-refractivity contribution >= 4 is 23.2 Å². The van der Waals surface area contributed by atoms with Crippen molar-refractivity contribution in [2.75, 3.05) is 19.5 Å². The van der Waals surface area contributed by atoms with Crippen molar-refractivity contribution < 1.29 is 14.3 Å². The van der Waals surface area contributed by atoms with E-state index < -0.39 is 0 Å². The molecule has 2 amide bonds. The number of rotatable bonds is 5. The summed E-state index contributed by atoms with van der Waals surface area (Å²) in [4.78, 5) is 14.1. The monoisotopic (exact) mass is 336 g/mol. The molecule has 0 bridgehead atoms. The van der Waals surface area contributed by atoms with Crippen molar-refractivity contribution in [3.05, 3.63) is 72.3 Å². The van der Waals surface area contributed by atoms with Gasteiger partial charge in [0, 0.05) is 16.8 Å². The van der Waals surface area contributed by atoms with E-state index in [9.17, 15) is 4.79 Å². The molecule has 2 aromatic carbocycles. The number of nitrogens with one attached hydrogen (secondary N) is 1. The normalized spacial score (nSPS) is 13.1. The molecule has 0 atom stereocenters. The largest absolute Gasteiger partial charge is 0.497 e. The number of ether oxygens (including phenoxy) is 2. The molecule has 1 N–H and O–H groups in total. The maximum atomic E-state index is 12.5. The van der Waals surface area contributed by atoms with Gasteiger partial charge in [0.2, 0.25) is 0 Å². The summed E-state index contributed by atoms with van der Waals surface area (Å²) in [7, 11) is 3.20. The van der Waals surface area contributed by atoms with Crippen molar-refractivity contribution in [2.24, 2.45) is 0 Å². The van der Waals surface area contributed by atoms with Gasteiger partial charge >= 0.3 is 6.03 Å². The second kappa shape index (κ2) is 6.73. The number of urea groups is 1. The molecule has 0 unspecified atom stereocenters. The van der Waals surface area contributed by atoms with Crippen LogP contribution in [-0.4, -0.2) is 25.2 Å². The molecule has 0 aliphatic carbocycles. The number of amides is 2. The first-order valence-corrected chi connectivity index (χ1v) is 7.81. The van der Waals surface area contributed by atoms with Crippen LogP contribution in [0, 0.1) is 0 Å². The molecule has 0 radical (unpaired) electrons. The fourth-order valence-electron chi connectivity index (χ4n) is 2.71. The summed E-state index contributed by atoms with van der Waals surface area (Å²) in [6, 6.07) is 13.0. The summed E-state index contributed by atoms with van der Waals surface area (Å²) in [5, 5.41) is 2.90. The van der Waals surface area contributed by atoms with E-state index in [4.69, 9.17) is 9.47 Å². The van der Waals surface area contributed by atoms with Crippen molar-refractivity contribution in [1.82, 2.24) is 4.90 Å². The number of methoxy groups -OCH3 is 2. The lowest BCUT2D eigenvalue weighted by Crippen LogP contribution is -2.36. The predicted molar refractivity (Wildman–Crippen MR) is 99.1 cm³/mol. The summed E-state index contributed by atoms with van der Waals surface area (Å²) < 4.78 is 10.4.